The molecular formula is C25H25F3N2O5. The van der Waals surface area contributed by atoms with Crippen molar-refractivity contribution >= 4 is 27.8 Å². The minimum atomic E-state index is -4.59. The first kappa shape index (κ1) is 24.4. The maximum Gasteiger partial charge on any atom is 0.437 e. The van der Waals surface area contributed by atoms with E-state index in [-0.39, 0.29) is 17.4 Å². The van der Waals surface area contributed by atoms with Gasteiger partial charge in [0.15, 0.2) is 11.3 Å². The monoisotopic (exact) mass is 490 g/mol. The fourth-order valence-electron chi connectivity index (χ4n) is 4.08. The number of aryl methyl sites for hydroxylation is 1. The van der Waals surface area contributed by atoms with E-state index in [9.17, 15) is 18.0 Å². The third-order valence-corrected chi connectivity index (χ3v) is 5.61. The number of aliphatic carboxylic acids is 1. The predicted octanol–water partition coefficient (Wildman–Crippen LogP) is 6.15. The van der Waals surface area contributed by atoms with Crippen molar-refractivity contribution in [2.75, 3.05) is 13.2 Å². The van der Waals surface area contributed by atoms with Gasteiger partial charge in [0.05, 0.1) is 25.0 Å². The summed E-state index contributed by atoms with van der Waals surface area (Å²) in [7, 11) is 0. The van der Waals surface area contributed by atoms with Crippen LogP contribution in [0.1, 0.15) is 43.0 Å². The molecule has 0 saturated carbocycles. The molecule has 0 unspecified atom stereocenters. The minimum absolute atomic E-state index is 0.0668. The number of hydrogen-bond acceptors (Lipinski definition) is 5. The first-order chi connectivity index (χ1) is 16.8. The Morgan fingerprint density at radius 1 is 1.11 bits per heavy atom. The summed E-state index contributed by atoms with van der Waals surface area (Å²) < 4.78 is 56.3. The zero-order valence-corrected chi connectivity index (χ0v) is 19.1. The number of halogens is 3. The number of unbranched alkanes of at least 4 members (excludes halogenated alkanes) is 1. The van der Waals surface area contributed by atoms with E-state index in [4.69, 9.17) is 19.1 Å². The highest BCUT2D eigenvalue weighted by Gasteiger charge is 2.37. The summed E-state index contributed by atoms with van der Waals surface area (Å²) in [6, 6.07) is 8.36. The Morgan fingerprint density at radius 3 is 2.54 bits per heavy atom. The lowest BCUT2D eigenvalue weighted by molar-refractivity contribution is -0.141. The van der Waals surface area contributed by atoms with Crippen molar-refractivity contribution in [2.24, 2.45) is 0 Å². The quantitative estimate of drug-likeness (QED) is 0.245. The van der Waals surface area contributed by atoms with Crippen molar-refractivity contribution in [3.8, 4) is 11.5 Å². The average molecular weight is 490 g/mol. The molecule has 4 aromatic rings. The van der Waals surface area contributed by atoms with Gasteiger partial charge in [0.25, 0.3) is 0 Å². The van der Waals surface area contributed by atoms with E-state index >= 15 is 0 Å². The van der Waals surface area contributed by atoms with E-state index < -0.39 is 17.8 Å². The summed E-state index contributed by atoms with van der Waals surface area (Å²) in [5.74, 6) is 0.182. The summed E-state index contributed by atoms with van der Waals surface area (Å²) in [5, 5.41) is 13.0. The van der Waals surface area contributed by atoms with Crippen LogP contribution in [0, 0.1) is 0 Å². The fraction of sp³-hybridized carbons (Fsp3) is 0.360. The van der Waals surface area contributed by atoms with Crippen LogP contribution in [-0.4, -0.2) is 34.4 Å². The molecule has 0 saturated heterocycles. The molecule has 2 N–H and O–H groups in total. The Kier molecular flexibility index (Phi) is 7.18. The Morgan fingerprint density at radius 2 is 1.86 bits per heavy atom. The highest BCUT2D eigenvalue weighted by Crippen LogP contribution is 2.38. The fourth-order valence-corrected chi connectivity index (χ4v) is 4.08. The number of carboxylic acids is 1. The van der Waals surface area contributed by atoms with Crippen LogP contribution in [0.2, 0.25) is 0 Å². The van der Waals surface area contributed by atoms with Crippen LogP contribution in [0.5, 0.6) is 11.5 Å². The summed E-state index contributed by atoms with van der Waals surface area (Å²) in [4.78, 5) is 14.2. The largest absolute Gasteiger partial charge is 0.493 e. The van der Waals surface area contributed by atoms with E-state index in [2.05, 4.69) is 10.1 Å². The van der Waals surface area contributed by atoms with Crippen LogP contribution in [0.3, 0.4) is 0 Å². The first-order valence-electron chi connectivity index (χ1n) is 11.3. The van der Waals surface area contributed by atoms with E-state index in [1.807, 2.05) is 19.1 Å². The number of alkyl halides is 3. The van der Waals surface area contributed by atoms with Gasteiger partial charge in [-0.05, 0) is 49.1 Å². The highest BCUT2D eigenvalue weighted by molar-refractivity contribution is 5.92. The molecule has 2 aromatic carbocycles. The molecule has 0 bridgehead atoms. The van der Waals surface area contributed by atoms with Crippen LogP contribution in [0.4, 0.5) is 13.2 Å². The van der Waals surface area contributed by atoms with Gasteiger partial charge < -0.3 is 24.1 Å². The van der Waals surface area contributed by atoms with E-state index in [0.717, 1.165) is 10.9 Å². The summed E-state index contributed by atoms with van der Waals surface area (Å²) >= 11 is 0. The number of H-pyrrole nitrogens is 1. The number of ether oxygens (including phenoxy) is 2. The molecule has 186 valence electrons. The zero-order valence-electron chi connectivity index (χ0n) is 19.1. The number of rotatable bonds is 11. The van der Waals surface area contributed by atoms with Gasteiger partial charge in [0, 0.05) is 22.7 Å². The minimum Gasteiger partial charge on any atom is -0.493 e. The number of nitrogens with zero attached hydrogens (tertiary/aromatic N) is 1. The van der Waals surface area contributed by atoms with Crippen molar-refractivity contribution in [3.05, 3.63) is 53.3 Å². The van der Waals surface area contributed by atoms with Crippen molar-refractivity contribution in [1.29, 1.82) is 0 Å². The number of aromatic nitrogens is 2. The van der Waals surface area contributed by atoms with E-state index in [1.54, 1.807) is 12.3 Å². The first-order valence-corrected chi connectivity index (χ1v) is 11.3. The molecule has 2 aromatic heterocycles. The second-order valence-electron chi connectivity index (χ2n) is 8.17. The third-order valence-electron chi connectivity index (χ3n) is 5.61. The molecule has 4 rings (SSSR count). The van der Waals surface area contributed by atoms with Crippen LogP contribution in [0.25, 0.3) is 21.9 Å². The second-order valence-corrected chi connectivity index (χ2v) is 8.17. The molecule has 0 amide bonds. The molecule has 0 atom stereocenters. The molecule has 0 fully saturated rings. The molecule has 0 aliphatic rings. The van der Waals surface area contributed by atoms with Crippen LogP contribution in [-0.2, 0) is 23.8 Å². The molecule has 0 radical (unpaired) electrons. The Bertz CT molecular complexity index is 1330. The smallest absolute Gasteiger partial charge is 0.437 e. The normalized spacial score (nSPS) is 11.9. The lowest BCUT2D eigenvalue weighted by Crippen LogP contribution is -2.06. The summed E-state index contributed by atoms with van der Waals surface area (Å²) in [6.07, 6.45) is -0.484. The summed E-state index contributed by atoms with van der Waals surface area (Å²) in [6.45, 7) is 2.68. The van der Waals surface area contributed by atoms with Crippen LogP contribution in [0.15, 0.2) is 41.1 Å². The highest BCUT2D eigenvalue weighted by atomic mass is 19.4. The molecule has 0 aliphatic carbocycles. The van der Waals surface area contributed by atoms with Crippen molar-refractivity contribution in [3.63, 3.8) is 0 Å². The third kappa shape index (κ3) is 5.36. The van der Waals surface area contributed by atoms with Gasteiger partial charge in [0.2, 0.25) is 0 Å². The van der Waals surface area contributed by atoms with E-state index in [0.29, 0.717) is 61.5 Å². The summed E-state index contributed by atoms with van der Waals surface area (Å²) in [5.41, 5.74) is 1.12. The molecular weight excluding hydrogens is 465 g/mol. The SMILES string of the molecule is CCCc1c(OCCCCOc2cccc3[nH]cc(CC(=O)O)c23)ccc2c(C(F)(F)F)noc12. The molecule has 35 heavy (non-hydrogen) atoms. The van der Waals surface area contributed by atoms with Crippen molar-refractivity contribution < 1.29 is 37.1 Å². The Labute approximate surface area is 198 Å². The maximum atomic E-state index is 13.2. The molecule has 10 heteroatoms. The van der Waals surface area contributed by atoms with E-state index in [1.165, 1.54) is 12.1 Å². The lowest BCUT2D eigenvalue weighted by Gasteiger charge is -2.12. The number of hydrogen-bond donors (Lipinski definition) is 2. The number of nitrogens with one attached hydrogen (secondary N) is 1. The second kappa shape index (κ2) is 10.3. The molecule has 7 nitrogen and oxygen atoms in total. The standard InChI is InChI=1S/C25H25F3N2O5/c1-2-6-16-19(10-9-17-23(16)35-30-24(17)25(26,27)28)33-11-3-4-12-34-20-8-5-7-18-22(20)15(14-29-18)13-21(31)32/h5,7-10,14,29H,2-4,6,11-13H2,1H3,(H,31,32). The zero-order chi connectivity index (χ0) is 25.0. The van der Waals surface area contributed by atoms with Crippen molar-refractivity contribution in [1.82, 2.24) is 10.1 Å². The topological polar surface area (TPSA) is 97.6 Å². The van der Waals surface area contributed by atoms with Gasteiger partial charge >= 0.3 is 12.1 Å². The van der Waals surface area contributed by atoms with Gasteiger partial charge in [-0.15, -0.1) is 0 Å². The van der Waals surface area contributed by atoms with Gasteiger partial charge in [-0.2, -0.15) is 13.2 Å². The van der Waals surface area contributed by atoms with Crippen LogP contribution >= 0.6 is 0 Å². The van der Waals surface area contributed by atoms with Gasteiger partial charge in [-0.1, -0.05) is 24.6 Å². The number of aromatic amines is 1. The van der Waals surface area contributed by atoms with Gasteiger partial charge in [0.1, 0.15) is 11.5 Å². The van der Waals surface area contributed by atoms with Crippen LogP contribution < -0.4 is 9.47 Å². The van der Waals surface area contributed by atoms with Crippen molar-refractivity contribution in [2.45, 2.75) is 45.2 Å². The Balaban J connectivity index is 1.36. The molecule has 2 heterocycles. The number of fused-ring (bicyclic) bond motifs is 2. The van der Waals surface area contributed by atoms with Gasteiger partial charge in [-0.25, -0.2) is 0 Å². The molecule has 0 aliphatic heterocycles. The maximum absolute atomic E-state index is 13.2. The lowest BCUT2D eigenvalue weighted by atomic mass is 10.0. The number of carbonyl (C=O) groups is 1. The van der Waals surface area contributed by atoms with Gasteiger partial charge in [-0.3, -0.25) is 4.79 Å². The predicted molar refractivity (Wildman–Crippen MR) is 123 cm³/mol. The number of benzene rings is 2. The Hall–Kier alpha value is -3.69. The number of carboxylic acid groups (broad SMARTS) is 1. The average Bonchev–Trinajstić information content (AvgIpc) is 3.42. The molecule has 0 spiro atoms.